The van der Waals surface area contributed by atoms with Gasteiger partial charge in [0.15, 0.2) is 5.78 Å². The number of pyridine rings is 1. The van der Waals surface area contributed by atoms with Gasteiger partial charge in [-0.1, -0.05) is 23.8 Å². The molecule has 92 valence electrons. The van der Waals surface area contributed by atoms with Crippen LogP contribution in [-0.2, 0) is 6.42 Å². The number of carbonyl (C=O) groups excluding carboxylic acids is 1. The zero-order chi connectivity index (χ0) is 13.0. The summed E-state index contributed by atoms with van der Waals surface area (Å²) in [5, 5.41) is 0. The summed E-state index contributed by atoms with van der Waals surface area (Å²) >= 11 is 0. The predicted octanol–water partition coefficient (Wildman–Crippen LogP) is 2.82. The van der Waals surface area contributed by atoms with Crippen LogP contribution in [0.15, 0.2) is 42.6 Å². The number of aryl methyl sites for hydroxylation is 1. The van der Waals surface area contributed by atoms with E-state index in [-0.39, 0.29) is 5.78 Å². The van der Waals surface area contributed by atoms with Crippen molar-refractivity contribution in [1.82, 2.24) is 4.98 Å². The minimum absolute atomic E-state index is 0.000463. The fraction of sp³-hybridized carbons (Fsp3) is 0.200. The van der Waals surface area contributed by atoms with E-state index in [1.807, 2.05) is 31.2 Å². The molecule has 1 heterocycles. The van der Waals surface area contributed by atoms with E-state index < -0.39 is 0 Å². The Morgan fingerprint density at radius 1 is 1.28 bits per heavy atom. The molecule has 0 fully saturated rings. The molecule has 1 aromatic carbocycles. The van der Waals surface area contributed by atoms with Gasteiger partial charge in [0.05, 0.1) is 7.11 Å². The molecule has 3 nitrogen and oxygen atoms in total. The number of ketones is 1. The van der Waals surface area contributed by atoms with Gasteiger partial charge in [-0.15, -0.1) is 0 Å². The number of Topliss-reactive ketones (excluding diaryl/α,β-unsaturated/α-hetero) is 1. The normalized spacial score (nSPS) is 10.1. The van der Waals surface area contributed by atoms with E-state index >= 15 is 0 Å². The molecule has 0 aliphatic rings. The highest BCUT2D eigenvalue weighted by Crippen LogP contribution is 2.21. The van der Waals surface area contributed by atoms with Crippen molar-refractivity contribution >= 4 is 5.78 Å². The summed E-state index contributed by atoms with van der Waals surface area (Å²) in [5.41, 5.74) is 2.49. The van der Waals surface area contributed by atoms with Gasteiger partial charge in [-0.3, -0.25) is 9.78 Å². The maximum Gasteiger partial charge on any atom is 0.185 e. The summed E-state index contributed by atoms with van der Waals surface area (Å²) in [6.45, 7) is 1.99. The van der Waals surface area contributed by atoms with Crippen molar-refractivity contribution in [2.75, 3.05) is 7.11 Å². The highest BCUT2D eigenvalue weighted by Gasteiger charge is 2.11. The molecule has 18 heavy (non-hydrogen) atoms. The molecular formula is C15H15NO2. The number of nitrogens with zero attached hydrogens (tertiary/aromatic N) is 1. The highest BCUT2D eigenvalue weighted by atomic mass is 16.5. The summed E-state index contributed by atoms with van der Waals surface area (Å²) in [7, 11) is 1.61. The quantitative estimate of drug-likeness (QED) is 0.773. The number of ether oxygens (including phenoxy) is 1. The molecule has 0 spiro atoms. The molecule has 0 amide bonds. The van der Waals surface area contributed by atoms with Gasteiger partial charge in [0.2, 0.25) is 0 Å². The van der Waals surface area contributed by atoms with E-state index in [2.05, 4.69) is 4.98 Å². The predicted molar refractivity (Wildman–Crippen MR) is 70.0 cm³/mol. The van der Waals surface area contributed by atoms with Crippen molar-refractivity contribution < 1.29 is 9.53 Å². The molecule has 0 saturated carbocycles. The van der Waals surface area contributed by atoms with Crippen molar-refractivity contribution in [3.8, 4) is 5.75 Å². The van der Waals surface area contributed by atoms with E-state index in [9.17, 15) is 4.79 Å². The number of rotatable bonds is 4. The van der Waals surface area contributed by atoms with E-state index in [1.54, 1.807) is 25.4 Å². The van der Waals surface area contributed by atoms with Gasteiger partial charge >= 0.3 is 0 Å². The van der Waals surface area contributed by atoms with Crippen LogP contribution in [0.1, 0.15) is 21.6 Å². The average Bonchev–Trinajstić information content (AvgIpc) is 2.40. The summed E-state index contributed by atoms with van der Waals surface area (Å²) in [6, 6.07) is 11.2. The molecule has 3 heteroatoms. The first kappa shape index (κ1) is 12.3. The van der Waals surface area contributed by atoms with Crippen LogP contribution in [-0.4, -0.2) is 17.9 Å². The van der Waals surface area contributed by atoms with Crippen LogP contribution >= 0.6 is 0 Å². The Balaban J connectivity index is 2.24. The summed E-state index contributed by atoms with van der Waals surface area (Å²) in [4.78, 5) is 16.1. The minimum Gasteiger partial charge on any atom is -0.496 e. The zero-order valence-corrected chi connectivity index (χ0v) is 10.5. The fourth-order valence-electron chi connectivity index (χ4n) is 1.84. The van der Waals surface area contributed by atoms with E-state index in [4.69, 9.17) is 4.74 Å². The first-order chi connectivity index (χ1) is 8.70. The second kappa shape index (κ2) is 5.45. The first-order valence-corrected chi connectivity index (χ1v) is 5.78. The van der Waals surface area contributed by atoms with Crippen LogP contribution in [0.5, 0.6) is 5.75 Å². The van der Waals surface area contributed by atoms with E-state index in [0.29, 0.717) is 12.1 Å². The lowest BCUT2D eigenvalue weighted by Crippen LogP contribution is -2.07. The Bertz CT molecular complexity index is 550. The number of hydrogen-bond donors (Lipinski definition) is 0. The Hall–Kier alpha value is -2.16. The third-order valence-electron chi connectivity index (χ3n) is 2.74. The lowest BCUT2D eigenvalue weighted by Gasteiger charge is -2.08. The molecule has 0 saturated heterocycles. The van der Waals surface area contributed by atoms with Crippen LogP contribution < -0.4 is 4.74 Å². The molecule has 0 bridgehead atoms. The molecule has 0 N–H and O–H groups in total. The molecule has 0 radical (unpaired) electrons. The third-order valence-corrected chi connectivity index (χ3v) is 2.74. The van der Waals surface area contributed by atoms with Crippen molar-refractivity contribution in [1.29, 1.82) is 0 Å². The van der Waals surface area contributed by atoms with Crippen molar-refractivity contribution in [3.63, 3.8) is 0 Å². The van der Waals surface area contributed by atoms with Crippen molar-refractivity contribution in [2.24, 2.45) is 0 Å². The minimum atomic E-state index is -0.000463. The second-order valence-corrected chi connectivity index (χ2v) is 4.13. The van der Waals surface area contributed by atoms with Crippen LogP contribution in [0.3, 0.4) is 0 Å². The Morgan fingerprint density at radius 2 is 2.11 bits per heavy atom. The Morgan fingerprint density at radius 3 is 2.78 bits per heavy atom. The molecule has 1 aromatic heterocycles. The number of carbonyl (C=O) groups is 1. The number of methoxy groups -OCH3 is 1. The van der Waals surface area contributed by atoms with Gasteiger partial charge in [0.25, 0.3) is 0 Å². The number of aromatic nitrogens is 1. The SMILES string of the molecule is COc1ccc(C)cc1CC(=O)c1ccccn1. The molecule has 2 aromatic rings. The summed E-state index contributed by atoms with van der Waals surface area (Å²) in [5.74, 6) is 0.740. The number of hydrogen-bond acceptors (Lipinski definition) is 3. The van der Waals surface area contributed by atoms with E-state index in [0.717, 1.165) is 16.9 Å². The fourth-order valence-corrected chi connectivity index (χ4v) is 1.84. The van der Waals surface area contributed by atoms with Gasteiger partial charge in [0.1, 0.15) is 11.4 Å². The van der Waals surface area contributed by atoms with Crippen LogP contribution in [0.25, 0.3) is 0 Å². The largest absolute Gasteiger partial charge is 0.496 e. The zero-order valence-electron chi connectivity index (χ0n) is 10.5. The maximum atomic E-state index is 12.1. The molecule has 0 aliphatic heterocycles. The summed E-state index contributed by atoms with van der Waals surface area (Å²) < 4.78 is 5.26. The Kier molecular flexibility index (Phi) is 3.72. The highest BCUT2D eigenvalue weighted by molar-refractivity contribution is 5.96. The second-order valence-electron chi connectivity index (χ2n) is 4.13. The van der Waals surface area contributed by atoms with Gasteiger partial charge in [-0.05, 0) is 25.1 Å². The van der Waals surface area contributed by atoms with Gasteiger partial charge in [-0.2, -0.15) is 0 Å². The number of benzene rings is 1. The first-order valence-electron chi connectivity index (χ1n) is 5.78. The molecule has 0 aliphatic carbocycles. The molecule has 0 unspecified atom stereocenters. The maximum absolute atomic E-state index is 12.1. The van der Waals surface area contributed by atoms with E-state index in [1.165, 1.54) is 0 Å². The lowest BCUT2D eigenvalue weighted by molar-refractivity contribution is 0.0987. The smallest absolute Gasteiger partial charge is 0.185 e. The monoisotopic (exact) mass is 241 g/mol. The van der Waals surface area contributed by atoms with Crippen molar-refractivity contribution in [3.05, 3.63) is 59.4 Å². The van der Waals surface area contributed by atoms with Gasteiger partial charge in [-0.25, -0.2) is 0 Å². The average molecular weight is 241 g/mol. The standard InChI is InChI=1S/C15H15NO2/c1-11-6-7-15(18-2)12(9-11)10-14(17)13-5-3-4-8-16-13/h3-9H,10H2,1-2H3. The third kappa shape index (κ3) is 2.74. The molecule has 2 rings (SSSR count). The van der Waals surface area contributed by atoms with Crippen LogP contribution in [0.4, 0.5) is 0 Å². The van der Waals surface area contributed by atoms with Crippen LogP contribution in [0, 0.1) is 6.92 Å². The van der Waals surface area contributed by atoms with Crippen LogP contribution in [0.2, 0.25) is 0 Å². The topological polar surface area (TPSA) is 39.2 Å². The lowest BCUT2D eigenvalue weighted by atomic mass is 10.0. The molecular weight excluding hydrogens is 226 g/mol. The van der Waals surface area contributed by atoms with Gasteiger partial charge < -0.3 is 4.74 Å². The van der Waals surface area contributed by atoms with Crippen molar-refractivity contribution in [2.45, 2.75) is 13.3 Å². The molecule has 0 atom stereocenters. The summed E-state index contributed by atoms with van der Waals surface area (Å²) in [6.07, 6.45) is 1.93. The Labute approximate surface area is 106 Å². The van der Waals surface area contributed by atoms with Gasteiger partial charge in [0, 0.05) is 18.2 Å².